The van der Waals surface area contributed by atoms with Gasteiger partial charge in [-0.3, -0.25) is 14.2 Å². The van der Waals surface area contributed by atoms with Crippen LogP contribution >= 0.6 is 15.9 Å². The second kappa shape index (κ2) is 7.48. The van der Waals surface area contributed by atoms with Crippen LogP contribution in [0.1, 0.15) is 5.69 Å². The molecule has 28 heavy (non-hydrogen) atoms. The topological polar surface area (TPSA) is 76.3 Å². The quantitative estimate of drug-likeness (QED) is 0.629. The van der Waals surface area contributed by atoms with Crippen molar-refractivity contribution in [3.05, 3.63) is 69.1 Å². The van der Waals surface area contributed by atoms with Gasteiger partial charge in [0.05, 0.1) is 16.3 Å². The number of sulfonamides is 1. The van der Waals surface area contributed by atoms with Crippen LogP contribution in [0.15, 0.2) is 62.7 Å². The summed E-state index contributed by atoms with van der Waals surface area (Å²) in [7, 11) is 1.86. The fraction of sp³-hybridized carbons (Fsp3) is 0.211. The lowest BCUT2D eigenvalue weighted by molar-refractivity contribution is 0.601. The Morgan fingerprint density at radius 2 is 1.57 bits per heavy atom. The molecular weight excluding hydrogens is 444 g/mol. The van der Waals surface area contributed by atoms with E-state index in [1.54, 1.807) is 36.0 Å². The Bertz CT molecular complexity index is 1160. The van der Waals surface area contributed by atoms with Crippen LogP contribution in [0.5, 0.6) is 0 Å². The molecule has 1 heterocycles. The zero-order valence-electron chi connectivity index (χ0n) is 16.0. The largest absolute Gasteiger partial charge is 0.378 e. The number of halogens is 1. The van der Waals surface area contributed by atoms with Gasteiger partial charge in [-0.2, -0.15) is 0 Å². The number of hydrogen-bond acceptors (Lipinski definition) is 4. The Kier molecular flexibility index (Phi) is 5.40. The van der Waals surface area contributed by atoms with Gasteiger partial charge >= 0.3 is 0 Å². The highest BCUT2D eigenvalue weighted by molar-refractivity contribution is 9.10. The number of hydrogen-bond donors (Lipinski definition) is 1. The maximum absolute atomic E-state index is 12.7. The lowest BCUT2D eigenvalue weighted by Gasteiger charge is -2.14. The summed E-state index contributed by atoms with van der Waals surface area (Å²) in [5, 5.41) is 0. The Hall–Kier alpha value is -2.52. The van der Waals surface area contributed by atoms with Crippen molar-refractivity contribution >= 4 is 37.3 Å². The minimum absolute atomic E-state index is 0.117. The molecule has 0 radical (unpaired) electrons. The molecule has 0 aliphatic heterocycles. The fourth-order valence-corrected chi connectivity index (χ4v) is 4.26. The van der Waals surface area contributed by atoms with E-state index in [0.29, 0.717) is 15.8 Å². The van der Waals surface area contributed by atoms with E-state index in [-0.39, 0.29) is 10.5 Å². The van der Waals surface area contributed by atoms with Gasteiger partial charge in [0.2, 0.25) is 0 Å². The highest BCUT2D eigenvalue weighted by atomic mass is 79.9. The summed E-state index contributed by atoms with van der Waals surface area (Å²) in [6.45, 7) is 1.83. The predicted molar refractivity (Wildman–Crippen MR) is 115 cm³/mol. The van der Waals surface area contributed by atoms with E-state index >= 15 is 0 Å². The summed E-state index contributed by atoms with van der Waals surface area (Å²) in [4.78, 5) is 14.4. The predicted octanol–water partition coefficient (Wildman–Crippen LogP) is 3.11. The molecule has 3 aromatic rings. The molecule has 148 valence electrons. The van der Waals surface area contributed by atoms with Crippen LogP contribution in [0, 0.1) is 6.92 Å². The summed E-state index contributed by atoms with van der Waals surface area (Å²) >= 11 is 3.28. The number of rotatable bonds is 5. The minimum Gasteiger partial charge on any atom is -0.378 e. The van der Waals surface area contributed by atoms with Gasteiger partial charge in [-0.25, -0.2) is 13.1 Å². The molecule has 1 N–H and O–H groups in total. The minimum atomic E-state index is -3.74. The first-order valence-corrected chi connectivity index (χ1v) is 10.7. The maximum Gasteiger partial charge on any atom is 0.285 e. The summed E-state index contributed by atoms with van der Waals surface area (Å²) < 4.78 is 31.5. The standard InChI is InChI=1S/C19H21BrN4O3S/c1-13-18(20)19(25)24(23(13)4)16-9-11-17(12-10-16)28(26,27)21-14-5-7-15(8-6-14)22(2)3/h5-12,21H,1-4H3. The fourth-order valence-electron chi connectivity index (χ4n) is 2.77. The van der Waals surface area contributed by atoms with Crippen LogP contribution in [0.2, 0.25) is 0 Å². The Labute approximate surface area is 172 Å². The van der Waals surface area contributed by atoms with Crippen molar-refractivity contribution in [2.45, 2.75) is 11.8 Å². The highest BCUT2D eigenvalue weighted by Crippen LogP contribution is 2.21. The number of nitrogens with zero attached hydrogens (tertiary/aromatic N) is 3. The van der Waals surface area contributed by atoms with E-state index in [1.807, 2.05) is 38.1 Å². The van der Waals surface area contributed by atoms with Crippen LogP contribution in [0.25, 0.3) is 5.69 Å². The summed E-state index contributed by atoms with van der Waals surface area (Å²) in [6, 6.07) is 13.3. The maximum atomic E-state index is 12.7. The molecule has 0 atom stereocenters. The molecule has 0 fully saturated rings. The van der Waals surface area contributed by atoms with E-state index in [9.17, 15) is 13.2 Å². The average molecular weight is 465 g/mol. The summed E-state index contributed by atoms with van der Waals surface area (Å²) in [5.41, 5.74) is 2.62. The molecule has 0 spiro atoms. The monoisotopic (exact) mass is 464 g/mol. The molecule has 0 aliphatic carbocycles. The van der Waals surface area contributed by atoms with Gasteiger partial charge in [-0.1, -0.05) is 0 Å². The Morgan fingerprint density at radius 3 is 2.04 bits per heavy atom. The number of anilines is 2. The van der Waals surface area contributed by atoms with Crippen molar-refractivity contribution in [1.29, 1.82) is 0 Å². The smallest absolute Gasteiger partial charge is 0.285 e. The van der Waals surface area contributed by atoms with E-state index in [2.05, 4.69) is 20.7 Å². The van der Waals surface area contributed by atoms with E-state index < -0.39 is 10.0 Å². The molecular formula is C19H21BrN4O3S. The van der Waals surface area contributed by atoms with Gasteiger partial charge in [-0.05, 0) is 71.4 Å². The first-order chi connectivity index (χ1) is 13.1. The van der Waals surface area contributed by atoms with E-state index in [4.69, 9.17) is 0 Å². The van der Waals surface area contributed by atoms with Gasteiger partial charge in [0.1, 0.15) is 4.47 Å². The van der Waals surface area contributed by atoms with Crippen molar-refractivity contribution < 1.29 is 8.42 Å². The second-order valence-electron chi connectivity index (χ2n) is 6.58. The van der Waals surface area contributed by atoms with Crippen LogP contribution in [-0.4, -0.2) is 31.9 Å². The lowest BCUT2D eigenvalue weighted by atomic mass is 10.3. The molecule has 7 nitrogen and oxygen atoms in total. The molecule has 0 aliphatic rings. The molecule has 3 rings (SSSR count). The molecule has 0 amide bonds. The zero-order valence-corrected chi connectivity index (χ0v) is 18.4. The first-order valence-electron chi connectivity index (χ1n) is 8.46. The van der Waals surface area contributed by atoms with Crippen LogP contribution in [0.4, 0.5) is 11.4 Å². The van der Waals surface area contributed by atoms with Crippen molar-refractivity contribution in [3.8, 4) is 5.69 Å². The van der Waals surface area contributed by atoms with Gasteiger partial charge in [0.15, 0.2) is 0 Å². The number of aromatic nitrogens is 2. The molecule has 9 heteroatoms. The summed E-state index contributed by atoms with van der Waals surface area (Å²) in [6.07, 6.45) is 0. The molecule has 0 unspecified atom stereocenters. The van der Waals surface area contributed by atoms with Gasteiger partial charge in [-0.15, -0.1) is 0 Å². The highest BCUT2D eigenvalue weighted by Gasteiger charge is 2.17. The molecule has 0 bridgehead atoms. The van der Waals surface area contributed by atoms with Crippen molar-refractivity contribution in [1.82, 2.24) is 9.36 Å². The average Bonchev–Trinajstić information content (AvgIpc) is 2.85. The van der Waals surface area contributed by atoms with E-state index in [1.165, 1.54) is 16.8 Å². The van der Waals surface area contributed by atoms with Crippen LogP contribution < -0.4 is 15.2 Å². The third-order valence-corrected chi connectivity index (χ3v) is 6.82. The SMILES string of the molecule is Cc1c(Br)c(=O)n(-c2ccc(S(=O)(=O)Nc3ccc(N(C)C)cc3)cc2)n1C. The molecule has 0 saturated heterocycles. The lowest BCUT2D eigenvalue weighted by Crippen LogP contribution is -2.20. The normalized spacial score (nSPS) is 11.5. The molecule has 1 aromatic heterocycles. The van der Waals surface area contributed by atoms with Gasteiger partial charge < -0.3 is 4.90 Å². The molecule has 2 aromatic carbocycles. The van der Waals surface area contributed by atoms with E-state index in [0.717, 1.165) is 11.4 Å². The first kappa shape index (κ1) is 20.2. The zero-order chi connectivity index (χ0) is 20.6. The van der Waals surface area contributed by atoms with Crippen molar-refractivity contribution in [2.24, 2.45) is 7.05 Å². The summed E-state index contributed by atoms with van der Waals surface area (Å²) in [5.74, 6) is 0. The number of benzene rings is 2. The third-order valence-electron chi connectivity index (χ3n) is 4.51. The van der Waals surface area contributed by atoms with Crippen LogP contribution in [0.3, 0.4) is 0 Å². The third kappa shape index (κ3) is 3.72. The molecule has 0 saturated carbocycles. The Balaban J connectivity index is 1.88. The van der Waals surface area contributed by atoms with Gasteiger partial charge in [0, 0.05) is 32.5 Å². The van der Waals surface area contributed by atoms with Crippen molar-refractivity contribution in [2.75, 3.05) is 23.7 Å². The van der Waals surface area contributed by atoms with Crippen LogP contribution in [-0.2, 0) is 17.1 Å². The second-order valence-corrected chi connectivity index (χ2v) is 9.06. The van der Waals surface area contributed by atoms with Gasteiger partial charge in [0.25, 0.3) is 15.6 Å². The number of nitrogens with one attached hydrogen (secondary N) is 1. The Morgan fingerprint density at radius 1 is 1.00 bits per heavy atom. The van der Waals surface area contributed by atoms with Crippen molar-refractivity contribution in [3.63, 3.8) is 0 Å².